The van der Waals surface area contributed by atoms with Gasteiger partial charge in [0.05, 0.1) is 12.6 Å². The Morgan fingerprint density at radius 1 is 1.47 bits per heavy atom. The number of aliphatic hydroxyl groups is 1. The molecular formula is C10H18N4O. The Bertz CT molecular complexity index is 304. The Labute approximate surface area is 89.5 Å². The van der Waals surface area contributed by atoms with Crippen LogP contribution in [0.1, 0.15) is 31.5 Å². The molecular weight excluding hydrogens is 192 g/mol. The van der Waals surface area contributed by atoms with Crippen LogP contribution in [0.5, 0.6) is 0 Å². The van der Waals surface area contributed by atoms with E-state index in [4.69, 9.17) is 0 Å². The molecule has 1 aliphatic carbocycles. The minimum atomic E-state index is -0.0853. The third-order valence-electron chi connectivity index (χ3n) is 3.05. The standard InChI is InChI=1S/C10H18N4O/c1-14-7-12-13-10(14)6-11-8-2-4-9(15)5-3-8/h7-9,11,15H,2-6H2,1H3. The highest BCUT2D eigenvalue weighted by atomic mass is 16.3. The Hall–Kier alpha value is -0.940. The van der Waals surface area contributed by atoms with E-state index in [-0.39, 0.29) is 6.10 Å². The van der Waals surface area contributed by atoms with E-state index in [0.29, 0.717) is 6.04 Å². The van der Waals surface area contributed by atoms with Crippen LogP contribution in [0.25, 0.3) is 0 Å². The van der Waals surface area contributed by atoms with Crippen LogP contribution in [-0.4, -0.2) is 32.0 Å². The zero-order valence-electron chi connectivity index (χ0n) is 9.06. The maximum Gasteiger partial charge on any atom is 0.146 e. The fourth-order valence-electron chi connectivity index (χ4n) is 1.98. The number of nitrogens with one attached hydrogen (secondary N) is 1. The van der Waals surface area contributed by atoms with Gasteiger partial charge in [0.1, 0.15) is 12.2 Å². The van der Waals surface area contributed by atoms with E-state index in [1.165, 1.54) is 0 Å². The lowest BCUT2D eigenvalue weighted by Gasteiger charge is -2.26. The summed E-state index contributed by atoms with van der Waals surface area (Å²) >= 11 is 0. The van der Waals surface area contributed by atoms with Gasteiger partial charge in [0.15, 0.2) is 0 Å². The van der Waals surface area contributed by atoms with Crippen molar-refractivity contribution < 1.29 is 5.11 Å². The van der Waals surface area contributed by atoms with E-state index in [9.17, 15) is 5.11 Å². The van der Waals surface area contributed by atoms with Crippen LogP contribution in [0.3, 0.4) is 0 Å². The van der Waals surface area contributed by atoms with Gasteiger partial charge >= 0.3 is 0 Å². The van der Waals surface area contributed by atoms with Crippen LogP contribution in [0.2, 0.25) is 0 Å². The minimum Gasteiger partial charge on any atom is -0.393 e. The molecule has 15 heavy (non-hydrogen) atoms. The smallest absolute Gasteiger partial charge is 0.146 e. The summed E-state index contributed by atoms with van der Waals surface area (Å²) in [7, 11) is 1.95. The summed E-state index contributed by atoms with van der Waals surface area (Å²) in [5.41, 5.74) is 0. The van der Waals surface area contributed by atoms with Crippen LogP contribution >= 0.6 is 0 Å². The first-order valence-corrected chi connectivity index (χ1v) is 5.50. The van der Waals surface area contributed by atoms with Crippen molar-refractivity contribution in [2.24, 2.45) is 7.05 Å². The highest BCUT2D eigenvalue weighted by Crippen LogP contribution is 2.18. The molecule has 0 aliphatic heterocycles. The van der Waals surface area contributed by atoms with Crippen molar-refractivity contribution in [3.8, 4) is 0 Å². The molecule has 0 aromatic carbocycles. The maximum atomic E-state index is 9.37. The summed E-state index contributed by atoms with van der Waals surface area (Å²) in [4.78, 5) is 0. The van der Waals surface area contributed by atoms with Crippen LogP contribution in [0, 0.1) is 0 Å². The maximum absolute atomic E-state index is 9.37. The van der Waals surface area contributed by atoms with Crippen LogP contribution in [0.4, 0.5) is 0 Å². The highest BCUT2D eigenvalue weighted by molar-refractivity contribution is 4.85. The lowest BCUT2D eigenvalue weighted by Crippen LogP contribution is -2.34. The Balaban J connectivity index is 1.77. The molecule has 0 spiro atoms. The van der Waals surface area contributed by atoms with Gasteiger partial charge in [-0.2, -0.15) is 0 Å². The monoisotopic (exact) mass is 210 g/mol. The van der Waals surface area contributed by atoms with Gasteiger partial charge < -0.3 is 15.0 Å². The Morgan fingerprint density at radius 2 is 2.20 bits per heavy atom. The topological polar surface area (TPSA) is 63.0 Å². The van der Waals surface area contributed by atoms with Crippen LogP contribution < -0.4 is 5.32 Å². The average Bonchev–Trinajstić information content (AvgIpc) is 2.63. The molecule has 2 N–H and O–H groups in total. The van der Waals surface area contributed by atoms with Crippen molar-refractivity contribution in [3.05, 3.63) is 12.2 Å². The van der Waals surface area contributed by atoms with Crippen molar-refractivity contribution in [1.29, 1.82) is 0 Å². The molecule has 0 amide bonds. The lowest BCUT2D eigenvalue weighted by molar-refractivity contribution is 0.116. The molecule has 0 unspecified atom stereocenters. The fourth-order valence-corrected chi connectivity index (χ4v) is 1.98. The molecule has 5 nitrogen and oxygen atoms in total. The normalized spacial score (nSPS) is 26.8. The second-order valence-electron chi connectivity index (χ2n) is 4.24. The molecule has 84 valence electrons. The molecule has 1 aliphatic rings. The molecule has 1 aromatic rings. The van der Waals surface area contributed by atoms with E-state index in [0.717, 1.165) is 38.1 Å². The zero-order chi connectivity index (χ0) is 10.7. The zero-order valence-corrected chi connectivity index (χ0v) is 9.06. The molecule has 0 radical (unpaired) electrons. The summed E-state index contributed by atoms with van der Waals surface area (Å²) < 4.78 is 1.92. The first-order valence-electron chi connectivity index (χ1n) is 5.50. The van der Waals surface area contributed by atoms with Gasteiger partial charge in [-0.25, -0.2) is 0 Å². The number of hydrogen-bond acceptors (Lipinski definition) is 4. The van der Waals surface area contributed by atoms with Crippen LogP contribution in [-0.2, 0) is 13.6 Å². The molecule has 1 saturated carbocycles. The van der Waals surface area contributed by atoms with Crippen molar-refractivity contribution in [1.82, 2.24) is 20.1 Å². The molecule has 0 bridgehead atoms. The van der Waals surface area contributed by atoms with Crippen molar-refractivity contribution in [2.75, 3.05) is 0 Å². The van der Waals surface area contributed by atoms with E-state index in [1.807, 2.05) is 11.6 Å². The Morgan fingerprint density at radius 3 is 2.80 bits per heavy atom. The van der Waals surface area contributed by atoms with E-state index in [2.05, 4.69) is 15.5 Å². The van der Waals surface area contributed by atoms with Crippen LogP contribution in [0.15, 0.2) is 6.33 Å². The van der Waals surface area contributed by atoms with Gasteiger partial charge in [-0.3, -0.25) is 0 Å². The predicted molar refractivity (Wildman–Crippen MR) is 56.1 cm³/mol. The average molecular weight is 210 g/mol. The first kappa shape index (κ1) is 10.6. The number of aryl methyl sites for hydroxylation is 1. The molecule has 0 saturated heterocycles. The summed E-state index contributed by atoms with van der Waals surface area (Å²) in [6.45, 7) is 0.761. The molecule has 5 heteroatoms. The molecule has 0 atom stereocenters. The third kappa shape index (κ3) is 2.76. The van der Waals surface area contributed by atoms with Gasteiger partial charge in [0, 0.05) is 13.1 Å². The lowest BCUT2D eigenvalue weighted by atomic mass is 9.93. The second-order valence-corrected chi connectivity index (χ2v) is 4.24. The largest absolute Gasteiger partial charge is 0.393 e. The van der Waals surface area contributed by atoms with Gasteiger partial charge in [0.25, 0.3) is 0 Å². The fraction of sp³-hybridized carbons (Fsp3) is 0.800. The van der Waals surface area contributed by atoms with Gasteiger partial charge in [-0.15, -0.1) is 10.2 Å². The summed E-state index contributed by atoms with van der Waals surface area (Å²) in [6, 6.07) is 0.519. The number of rotatable bonds is 3. The number of nitrogens with zero attached hydrogens (tertiary/aromatic N) is 3. The summed E-state index contributed by atoms with van der Waals surface area (Å²) in [5, 5.41) is 20.7. The van der Waals surface area contributed by atoms with Crippen molar-refractivity contribution in [3.63, 3.8) is 0 Å². The summed E-state index contributed by atoms with van der Waals surface area (Å²) in [5.74, 6) is 0.959. The van der Waals surface area contributed by atoms with E-state index in [1.54, 1.807) is 6.33 Å². The molecule has 1 heterocycles. The van der Waals surface area contributed by atoms with Gasteiger partial charge in [0.2, 0.25) is 0 Å². The minimum absolute atomic E-state index is 0.0853. The van der Waals surface area contributed by atoms with Gasteiger partial charge in [-0.05, 0) is 25.7 Å². The number of aliphatic hydroxyl groups excluding tert-OH is 1. The van der Waals surface area contributed by atoms with Gasteiger partial charge in [-0.1, -0.05) is 0 Å². The Kier molecular flexibility index (Phi) is 3.33. The molecule has 1 fully saturated rings. The van der Waals surface area contributed by atoms with Crippen molar-refractivity contribution >= 4 is 0 Å². The molecule has 1 aromatic heterocycles. The molecule has 2 rings (SSSR count). The third-order valence-corrected chi connectivity index (χ3v) is 3.05. The van der Waals surface area contributed by atoms with E-state index >= 15 is 0 Å². The summed E-state index contributed by atoms with van der Waals surface area (Å²) in [6.07, 6.45) is 5.56. The number of aromatic nitrogens is 3. The van der Waals surface area contributed by atoms with Crippen molar-refractivity contribution in [2.45, 2.75) is 44.4 Å². The SMILES string of the molecule is Cn1cnnc1CNC1CCC(O)CC1. The van der Waals surface area contributed by atoms with E-state index < -0.39 is 0 Å². The predicted octanol–water partition coefficient (Wildman–Crippen LogP) is 0.208. The quantitative estimate of drug-likeness (QED) is 0.748. The second kappa shape index (κ2) is 4.72. The first-order chi connectivity index (χ1) is 7.25. The highest BCUT2D eigenvalue weighted by Gasteiger charge is 2.18. The number of hydrogen-bond donors (Lipinski definition) is 2.